The molecule has 132 valence electrons. The van der Waals surface area contributed by atoms with Gasteiger partial charge in [0.05, 0.1) is 0 Å². The molecule has 1 aliphatic heterocycles. The molecule has 3 rings (SSSR count). The van der Waals surface area contributed by atoms with Crippen molar-refractivity contribution in [3.8, 4) is 0 Å². The van der Waals surface area contributed by atoms with Gasteiger partial charge in [-0.15, -0.1) is 0 Å². The fourth-order valence-corrected chi connectivity index (χ4v) is 3.88. The van der Waals surface area contributed by atoms with Gasteiger partial charge in [0.2, 0.25) is 0 Å². The van der Waals surface area contributed by atoms with Crippen LogP contribution in [0.1, 0.15) is 65.7 Å². The third kappa shape index (κ3) is 5.37. The molecule has 1 heterocycles. The van der Waals surface area contributed by atoms with E-state index in [-0.39, 0.29) is 6.09 Å². The summed E-state index contributed by atoms with van der Waals surface area (Å²) in [5.74, 6) is 2.96. The average Bonchev–Trinajstić information content (AvgIpc) is 3.32. The number of amides is 1. The largest absolute Gasteiger partial charge is 0.444 e. The highest BCUT2D eigenvalue weighted by molar-refractivity contribution is 5.68. The summed E-state index contributed by atoms with van der Waals surface area (Å²) in [5, 5.41) is 3.83. The molecule has 3 aliphatic rings. The Hall–Kier alpha value is -0.770. The third-order valence-electron chi connectivity index (χ3n) is 5.48. The van der Waals surface area contributed by atoms with Gasteiger partial charge in [-0.3, -0.25) is 0 Å². The van der Waals surface area contributed by atoms with Gasteiger partial charge >= 0.3 is 6.09 Å². The van der Waals surface area contributed by atoms with Gasteiger partial charge in [-0.25, -0.2) is 4.79 Å². The third-order valence-corrected chi connectivity index (χ3v) is 5.48. The molecule has 1 unspecified atom stereocenters. The lowest BCUT2D eigenvalue weighted by Crippen LogP contribution is -2.39. The standard InChI is InChI=1S/C19H34N2O2/c1-19(2,3)23-18(22)21-11-4-5-16(10-12-21)20-13-17(14-6-7-14)15-8-9-15/h14-17,20H,4-13H2,1-3H3. The highest BCUT2D eigenvalue weighted by atomic mass is 16.6. The van der Waals surface area contributed by atoms with Gasteiger partial charge in [0.25, 0.3) is 0 Å². The molecule has 3 fully saturated rings. The van der Waals surface area contributed by atoms with Gasteiger partial charge in [0, 0.05) is 19.1 Å². The highest BCUT2D eigenvalue weighted by Gasteiger charge is 2.41. The number of ether oxygens (including phenoxy) is 1. The van der Waals surface area contributed by atoms with E-state index in [1.807, 2.05) is 25.7 Å². The summed E-state index contributed by atoms with van der Waals surface area (Å²) in [6.45, 7) is 8.66. The van der Waals surface area contributed by atoms with Crippen molar-refractivity contribution in [2.75, 3.05) is 19.6 Å². The van der Waals surface area contributed by atoms with E-state index in [1.54, 1.807) is 0 Å². The summed E-state index contributed by atoms with van der Waals surface area (Å²) in [6, 6.07) is 0.572. The van der Waals surface area contributed by atoms with E-state index in [2.05, 4.69) is 5.32 Å². The predicted octanol–water partition coefficient (Wildman–Crippen LogP) is 3.80. The summed E-state index contributed by atoms with van der Waals surface area (Å²) in [5.41, 5.74) is -0.400. The normalized spacial score (nSPS) is 26.3. The monoisotopic (exact) mass is 322 g/mol. The number of nitrogens with zero attached hydrogens (tertiary/aromatic N) is 1. The van der Waals surface area contributed by atoms with E-state index < -0.39 is 5.60 Å². The molecule has 4 heteroatoms. The molecule has 1 atom stereocenters. The summed E-state index contributed by atoms with van der Waals surface area (Å²) < 4.78 is 5.51. The van der Waals surface area contributed by atoms with Gasteiger partial charge in [-0.2, -0.15) is 0 Å². The summed E-state index contributed by atoms with van der Waals surface area (Å²) in [4.78, 5) is 14.1. The lowest BCUT2D eigenvalue weighted by molar-refractivity contribution is 0.0256. The smallest absolute Gasteiger partial charge is 0.410 e. The maximum Gasteiger partial charge on any atom is 0.410 e. The van der Waals surface area contributed by atoms with Crippen LogP contribution >= 0.6 is 0 Å². The Bertz CT molecular complexity index is 398. The Morgan fingerprint density at radius 1 is 1.09 bits per heavy atom. The molecule has 23 heavy (non-hydrogen) atoms. The van der Waals surface area contributed by atoms with Crippen LogP contribution in [0.3, 0.4) is 0 Å². The number of likely N-dealkylation sites (tertiary alicyclic amines) is 1. The number of hydrogen-bond donors (Lipinski definition) is 1. The van der Waals surface area contributed by atoms with Gasteiger partial charge in [-0.05, 0) is 90.0 Å². The first-order chi connectivity index (χ1) is 10.9. The van der Waals surface area contributed by atoms with Crippen LogP contribution in [0.15, 0.2) is 0 Å². The zero-order chi connectivity index (χ0) is 16.4. The quantitative estimate of drug-likeness (QED) is 0.837. The van der Waals surface area contributed by atoms with E-state index in [4.69, 9.17) is 4.74 Å². The molecule has 1 amide bonds. The molecule has 0 aromatic rings. The van der Waals surface area contributed by atoms with Crippen molar-refractivity contribution in [2.45, 2.75) is 77.4 Å². The van der Waals surface area contributed by atoms with Crippen LogP contribution in [0.2, 0.25) is 0 Å². The molecule has 0 spiro atoms. The van der Waals surface area contributed by atoms with Crippen molar-refractivity contribution in [3.63, 3.8) is 0 Å². The minimum Gasteiger partial charge on any atom is -0.444 e. The second kappa shape index (κ2) is 7.00. The Kier molecular flexibility index (Phi) is 5.19. The second-order valence-electron chi connectivity index (χ2n) is 8.84. The van der Waals surface area contributed by atoms with E-state index in [0.29, 0.717) is 6.04 Å². The van der Waals surface area contributed by atoms with Crippen molar-refractivity contribution >= 4 is 6.09 Å². The molecule has 1 saturated heterocycles. The summed E-state index contributed by atoms with van der Waals surface area (Å²) in [6.07, 6.45) is 9.00. The fourth-order valence-electron chi connectivity index (χ4n) is 3.88. The number of carbonyl (C=O) groups excluding carboxylic acids is 1. The van der Waals surface area contributed by atoms with Crippen LogP contribution in [0, 0.1) is 17.8 Å². The fraction of sp³-hybridized carbons (Fsp3) is 0.947. The van der Waals surface area contributed by atoms with Crippen molar-refractivity contribution < 1.29 is 9.53 Å². The minimum absolute atomic E-state index is 0.146. The first kappa shape index (κ1) is 17.1. The molecule has 0 aromatic heterocycles. The minimum atomic E-state index is -0.400. The van der Waals surface area contributed by atoms with E-state index in [9.17, 15) is 4.79 Å². The van der Waals surface area contributed by atoms with Crippen LogP contribution < -0.4 is 5.32 Å². The maximum absolute atomic E-state index is 12.2. The zero-order valence-corrected chi connectivity index (χ0v) is 15.1. The Morgan fingerprint density at radius 3 is 2.30 bits per heavy atom. The maximum atomic E-state index is 12.2. The van der Waals surface area contributed by atoms with Gasteiger partial charge in [0.1, 0.15) is 5.60 Å². The van der Waals surface area contributed by atoms with Crippen LogP contribution in [0.4, 0.5) is 4.79 Å². The lowest BCUT2D eigenvalue weighted by atomic mass is 9.97. The Labute approximate surface area is 141 Å². The van der Waals surface area contributed by atoms with Crippen molar-refractivity contribution in [1.29, 1.82) is 0 Å². The molecular weight excluding hydrogens is 288 g/mol. The number of rotatable bonds is 5. The van der Waals surface area contributed by atoms with E-state index in [0.717, 1.165) is 43.7 Å². The highest BCUT2D eigenvalue weighted by Crippen LogP contribution is 2.48. The molecule has 2 aliphatic carbocycles. The summed E-state index contributed by atoms with van der Waals surface area (Å²) >= 11 is 0. The molecule has 4 nitrogen and oxygen atoms in total. The number of nitrogens with one attached hydrogen (secondary N) is 1. The molecule has 1 N–H and O–H groups in total. The molecule has 2 saturated carbocycles. The van der Waals surface area contributed by atoms with Crippen LogP contribution in [0.5, 0.6) is 0 Å². The average molecular weight is 322 g/mol. The second-order valence-corrected chi connectivity index (χ2v) is 8.84. The van der Waals surface area contributed by atoms with Crippen LogP contribution in [0.25, 0.3) is 0 Å². The van der Waals surface area contributed by atoms with Crippen molar-refractivity contribution in [2.24, 2.45) is 17.8 Å². The van der Waals surface area contributed by atoms with Gasteiger partial charge in [0.15, 0.2) is 0 Å². The first-order valence-electron chi connectivity index (χ1n) is 9.64. The van der Waals surface area contributed by atoms with Gasteiger partial charge in [-0.1, -0.05) is 0 Å². The molecule has 0 bridgehead atoms. The Morgan fingerprint density at radius 2 is 1.74 bits per heavy atom. The Balaban J connectivity index is 1.42. The van der Waals surface area contributed by atoms with Crippen molar-refractivity contribution in [1.82, 2.24) is 10.2 Å². The zero-order valence-electron chi connectivity index (χ0n) is 15.1. The van der Waals surface area contributed by atoms with Gasteiger partial charge < -0.3 is 15.0 Å². The topological polar surface area (TPSA) is 41.6 Å². The summed E-state index contributed by atoms with van der Waals surface area (Å²) in [7, 11) is 0. The number of hydrogen-bond acceptors (Lipinski definition) is 3. The molecule has 0 aromatic carbocycles. The number of carbonyl (C=O) groups is 1. The SMILES string of the molecule is CC(C)(C)OC(=O)N1CCCC(NCC(C2CC2)C2CC2)CC1. The van der Waals surface area contributed by atoms with Crippen LogP contribution in [-0.2, 0) is 4.74 Å². The van der Waals surface area contributed by atoms with Crippen LogP contribution in [-0.4, -0.2) is 42.3 Å². The van der Waals surface area contributed by atoms with E-state index in [1.165, 1.54) is 38.6 Å². The first-order valence-corrected chi connectivity index (χ1v) is 9.64. The molecular formula is C19H34N2O2. The van der Waals surface area contributed by atoms with E-state index >= 15 is 0 Å². The predicted molar refractivity (Wildman–Crippen MR) is 92.4 cm³/mol. The lowest BCUT2D eigenvalue weighted by Gasteiger charge is -2.26. The van der Waals surface area contributed by atoms with Crippen molar-refractivity contribution in [3.05, 3.63) is 0 Å². The molecule has 0 radical (unpaired) electrons.